The maximum atomic E-state index is 6.01. The number of nitrogens with one attached hydrogen (secondary N) is 2. The number of ether oxygens (including phenoxy) is 1. The summed E-state index contributed by atoms with van der Waals surface area (Å²) in [5, 5.41) is 7.23. The normalized spacial score (nSPS) is 10.4. The second-order valence-electron chi connectivity index (χ2n) is 5.66. The Morgan fingerprint density at radius 2 is 1.68 bits per heavy atom. The first-order valence-corrected chi connectivity index (χ1v) is 8.21. The molecule has 0 aliphatic carbocycles. The van der Waals surface area contributed by atoms with E-state index >= 15 is 0 Å². The van der Waals surface area contributed by atoms with Crippen molar-refractivity contribution in [2.45, 2.75) is 13.8 Å². The number of methoxy groups -OCH3 is 1. The zero-order valence-electron chi connectivity index (χ0n) is 14.3. The Balaban J connectivity index is 1.82. The number of nitrogens with zero attached hydrogens (tertiary/aromatic N) is 2. The number of rotatable bonds is 5. The fraction of sp³-hybridized carbons (Fsp3) is 0.158. The minimum absolute atomic E-state index is 0.527. The van der Waals surface area contributed by atoms with Crippen LogP contribution in [0.4, 0.5) is 23.1 Å². The molecule has 6 heteroatoms. The van der Waals surface area contributed by atoms with Crippen LogP contribution in [0.5, 0.6) is 5.75 Å². The first-order chi connectivity index (χ1) is 12.0. The monoisotopic (exact) mass is 354 g/mol. The Labute approximate surface area is 152 Å². The largest absolute Gasteiger partial charge is 0.497 e. The highest BCUT2D eigenvalue weighted by Crippen LogP contribution is 2.24. The van der Waals surface area contributed by atoms with Crippen molar-refractivity contribution in [1.82, 2.24) is 9.97 Å². The molecule has 0 radical (unpaired) electrons. The average Bonchev–Trinajstić information content (AvgIpc) is 2.58. The molecule has 0 saturated heterocycles. The van der Waals surface area contributed by atoms with Crippen LogP contribution in [0.1, 0.15) is 11.3 Å². The molecule has 25 heavy (non-hydrogen) atoms. The van der Waals surface area contributed by atoms with Crippen molar-refractivity contribution < 1.29 is 4.74 Å². The Morgan fingerprint density at radius 3 is 2.36 bits per heavy atom. The fourth-order valence-electron chi connectivity index (χ4n) is 2.40. The third-order valence-corrected chi connectivity index (χ3v) is 3.89. The number of halogens is 1. The van der Waals surface area contributed by atoms with Crippen LogP contribution in [0.15, 0.2) is 48.5 Å². The smallest absolute Gasteiger partial charge is 0.229 e. The van der Waals surface area contributed by atoms with Gasteiger partial charge in [-0.25, -0.2) is 4.98 Å². The van der Waals surface area contributed by atoms with E-state index < -0.39 is 0 Å². The molecule has 0 fully saturated rings. The standard InChI is InChI=1S/C19H19ClN4O/c1-12-10-14(20)4-9-17(12)23-18-11-13(2)21-19(24-18)22-15-5-7-16(25-3)8-6-15/h4-11H,1-3H3,(H2,21,22,23,24). The highest BCUT2D eigenvalue weighted by Gasteiger charge is 2.06. The first-order valence-electron chi connectivity index (χ1n) is 7.83. The van der Waals surface area contributed by atoms with Crippen molar-refractivity contribution in [3.05, 3.63) is 64.8 Å². The summed E-state index contributed by atoms with van der Waals surface area (Å²) in [6, 6.07) is 15.2. The summed E-state index contributed by atoms with van der Waals surface area (Å²) in [4.78, 5) is 8.97. The van der Waals surface area contributed by atoms with Crippen LogP contribution in [-0.4, -0.2) is 17.1 Å². The molecular weight excluding hydrogens is 336 g/mol. The van der Waals surface area contributed by atoms with Gasteiger partial charge >= 0.3 is 0 Å². The van der Waals surface area contributed by atoms with E-state index in [1.165, 1.54) is 0 Å². The average molecular weight is 355 g/mol. The molecule has 0 bridgehead atoms. The molecule has 3 rings (SSSR count). The van der Waals surface area contributed by atoms with Gasteiger partial charge in [-0.2, -0.15) is 4.98 Å². The molecule has 3 aromatic rings. The lowest BCUT2D eigenvalue weighted by Crippen LogP contribution is -2.03. The summed E-state index contributed by atoms with van der Waals surface area (Å²) in [7, 11) is 1.64. The molecule has 128 valence electrons. The Morgan fingerprint density at radius 1 is 0.920 bits per heavy atom. The summed E-state index contributed by atoms with van der Waals surface area (Å²) in [5.41, 5.74) is 3.76. The zero-order chi connectivity index (χ0) is 17.8. The molecule has 0 atom stereocenters. The van der Waals surface area contributed by atoms with Crippen LogP contribution in [-0.2, 0) is 0 Å². The van der Waals surface area contributed by atoms with Gasteiger partial charge in [-0.1, -0.05) is 11.6 Å². The van der Waals surface area contributed by atoms with Gasteiger partial charge in [0.2, 0.25) is 5.95 Å². The van der Waals surface area contributed by atoms with E-state index in [1.807, 2.05) is 62.4 Å². The van der Waals surface area contributed by atoms with Gasteiger partial charge in [0.25, 0.3) is 0 Å². The van der Waals surface area contributed by atoms with Crippen molar-refractivity contribution in [1.29, 1.82) is 0 Å². The van der Waals surface area contributed by atoms with Gasteiger partial charge < -0.3 is 15.4 Å². The molecule has 0 spiro atoms. The third kappa shape index (κ3) is 4.39. The van der Waals surface area contributed by atoms with Gasteiger partial charge in [-0.3, -0.25) is 0 Å². The van der Waals surface area contributed by atoms with Gasteiger partial charge in [0.1, 0.15) is 11.6 Å². The molecule has 1 aromatic heterocycles. The molecule has 2 N–H and O–H groups in total. The number of hydrogen-bond donors (Lipinski definition) is 2. The fourth-order valence-corrected chi connectivity index (χ4v) is 2.62. The van der Waals surface area contributed by atoms with Crippen molar-refractivity contribution in [3.8, 4) is 5.75 Å². The van der Waals surface area contributed by atoms with E-state index in [2.05, 4.69) is 20.6 Å². The van der Waals surface area contributed by atoms with Crippen molar-refractivity contribution in [3.63, 3.8) is 0 Å². The lowest BCUT2D eigenvalue weighted by molar-refractivity contribution is 0.415. The van der Waals surface area contributed by atoms with E-state index in [4.69, 9.17) is 16.3 Å². The minimum Gasteiger partial charge on any atom is -0.497 e. The highest BCUT2D eigenvalue weighted by molar-refractivity contribution is 6.30. The topological polar surface area (TPSA) is 59.1 Å². The van der Waals surface area contributed by atoms with Crippen molar-refractivity contribution in [2.75, 3.05) is 17.7 Å². The predicted octanol–water partition coefficient (Wildman–Crippen LogP) is 5.24. The number of aromatic nitrogens is 2. The number of benzene rings is 2. The van der Waals surface area contributed by atoms with Crippen LogP contribution in [0.25, 0.3) is 0 Å². The van der Waals surface area contributed by atoms with Crippen molar-refractivity contribution >= 4 is 34.7 Å². The van der Waals surface area contributed by atoms with E-state index in [1.54, 1.807) is 7.11 Å². The molecule has 0 unspecified atom stereocenters. The number of anilines is 4. The highest BCUT2D eigenvalue weighted by atomic mass is 35.5. The molecule has 0 amide bonds. The quantitative estimate of drug-likeness (QED) is 0.656. The van der Waals surface area contributed by atoms with Crippen molar-refractivity contribution in [2.24, 2.45) is 0 Å². The summed E-state index contributed by atoms with van der Waals surface area (Å²) in [5.74, 6) is 2.05. The molecule has 0 saturated carbocycles. The molecule has 0 aliphatic rings. The van der Waals surface area contributed by atoms with Gasteiger partial charge in [0.15, 0.2) is 0 Å². The maximum Gasteiger partial charge on any atom is 0.229 e. The summed E-state index contributed by atoms with van der Waals surface area (Å²) in [6.07, 6.45) is 0. The minimum atomic E-state index is 0.527. The lowest BCUT2D eigenvalue weighted by Gasteiger charge is -2.12. The Bertz CT molecular complexity index is 881. The maximum absolute atomic E-state index is 6.01. The second-order valence-corrected chi connectivity index (χ2v) is 6.09. The SMILES string of the molecule is COc1ccc(Nc2nc(C)cc(Nc3ccc(Cl)cc3C)n2)cc1. The van der Waals surface area contributed by atoms with Gasteiger partial charge in [0, 0.05) is 28.2 Å². The lowest BCUT2D eigenvalue weighted by atomic mass is 10.2. The van der Waals surface area contributed by atoms with E-state index in [-0.39, 0.29) is 0 Å². The van der Waals surface area contributed by atoms with Gasteiger partial charge in [0.05, 0.1) is 7.11 Å². The molecule has 2 aromatic carbocycles. The van der Waals surface area contributed by atoms with Crippen LogP contribution >= 0.6 is 11.6 Å². The zero-order valence-corrected chi connectivity index (χ0v) is 15.1. The molecular formula is C19H19ClN4O. The van der Waals surface area contributed by atoms with Crippen LogP contribution in [0.2, 0.25) is 5.02 Å². The molecule has 0 aliphatic heterocycles. The Kier molecular flexibility index (Phi) is 5.05. The second kappa shape index (κ2) is 7.40. The number of aryl methyl sites for hydroxylation is 2. The Hall–Kier alpha value is -2.79. The van der Waals surface area contributed by atoms with E-state index in [0.717, 1.165) is 28.4 Å². The van der Waals surface area contributed by atoms with Crippen LogP contribution in [0.3, 0.4) is 0 Å². The van der Waals surface area contributed by atoms with Crippen LogP contribution in [0, 0.1) is 13.8 Å². The third-order valence-electron chi connectivity index (χ3n) is 3.65. The summed E-state index contributed by atoms with van der Waals surface area (Å²) >= 11 is 6.01. The first kappa shape index (κ1) is 17.0. The van der Waals surface area contributed by atoms with Gasteiger partial charge in [-0.15, -0.1) is 0 Å². The number of hydrogen-bond acceptors (Lipinski definition) is 5. The molecule has 1 heterocycles. The molecule has 5 nitrogen and oxygen atoms in total. The summed E-state index contributed by atoms with van der Waals surface area (Å²) < 4.78 is 5.17. The summed E-state index contributed by atoms with van der Waals surface area (Å²) in [6.45, 7) is 3.93. The van der Waals surface area contributed by atoms with E-state index in [9.17, 15) is 0 Å². The van der Waals surface area contributed by atoms with Crippen LogP contribution < -0.4 is 15.4 Å². The predicted molar refractivity (Wildman–Crippen MR) is 103 cm³/mol. The van der Waals surface area contributed by atoms with E-state index in [0.29, 0.717) is 16.8 Å². The van der Waals surface area contributed by atoms with Gasteiger partial charge in [-0.05, 0) is 61.9 Å².